The Kier molecular flexibility index (Phi) is 4.82. The molecule has 1 saturated heterocycles. The van der Waals surface area contributed by atoms with Crippen molar-refractivity contribution in [1.82, 2.24) is 14.6 Å². The average molecular weight is 388 g/mol. The zero-order chi connectivity index (χ0) is 19.1. The van der Waals surface area contributed by atoms with Crippen LogP contribution < -0.4 is 9.64 Å². The van der Waals surface area contributed by atoms with Gasteiger partial charge in [-0.3, -0.25) is 0 Å². The maximum Gasteiger partial charge on any atom is 0.235 e. The van der Waals surface area contributed by atoms with E-state index in [4.69, 9.17) is 4.74 Å². The number of fused-ring (bicyclic) bond motifs is 1. The minimum Gasteiger partial charge on any atom is -0.497 e. The van der Waals surface area contributed by atoms with E-state index in [-0.39, 0.29) is 11.9 Å². The Balaban J connectivity index is 1.83. The van der Waals surface area contributed by atoms with E-state index in [0.29, 0.717) is 17.7 Å². The summed E-state index contributed by atoms with van der Waals surface area (Å²) in [7, 11) is 1.69. The third-order valence-electron chi connectivity index (χ3n) is 5.43. The van der Waals surface area contributed by atoms with E-state index in [1.54, 1.807) is 11.6 Å². The molecule has 2 N–H and O–H groups in total. The van der Waals surface area contributed by atoms with Crippen molar-refractivity contribution in [2.45, 2.75) is 33.2 Å². The Morgan fingerprint density at radius 1 is 1.30 bits per heavy atom. The van der Waals surface area contributed by atoms with Gasteiger partial charge in [0.2, 0.25) is 10.8 Å². The van der Waals surface area contributed by atoms with E-state index in [2.05, 4.69) is 36.1 Å². The predicted octanol–water partition coefficient (Wildman–Crippen LogP) is 2.46. The highest BCUT2D eigenvalue weighted by Gasteiger charge is 2.37. The SMILES string of the molecule is COc1cccc([C@H](c2sc3nc(C)nn3c2O)[NH+]2C[C@H](C)C[C@H](C)C2)c1. The van der Waals surface area contributed by atoms with Crippen LogP contribution in [-0.2, 0) is 0 Å². The van der Waals surface area contributed by atoms with Crippen molar-refractivity contribution in [2.75, 3.05) is 20.2 Å². The number of ether oxygens (including phenoxy) is 1. The number of methoxy groups -OCH3 is 1. The first-order chi connectivity index (χ1) is 13.0. The molecule has 4 rings (SSSR count). The largest absolute Gasteiger partial charge is 0.497 e. The van der Waals surface area contributed by atoms with Gasteiger partial charge in [-0.1, -0.05) is 37.3 Å². The van der Waals surface area contributed by atoms with Crippen molar-refractivity contribution in [3.05, 3.63) is 40.5 Å². The maximum atomic E-state index is 10.9. The number of nitrogens with one attached hydrogen (secondary N) is 1. The van der Waals surface area contributed by atoms with E-state index >= 15 is 0 Å². The maximum absolute atomic E-state index is 10.9. The lowest BCUT2D eigenvalue weighted by molar-refractivity contribution is -0.936. The number of aromatic hydroxyl groups is 1. The standard InChI is InChI=1S/C20H26N4O2S/c1-12-8-13(2)11-23(10-12)17(15-6-5-7-16(9-15)26-4)18-19(25)24-20(27-18)21-14(3)22-24/h5-7,9,12-13,17,25H,8,10-11H2,1-4H3/p+1/t12-,13+,17-/m1/s1. The van der Waals surface area contributed by atoms with Gasteiger partial charge in [-0.25, -0.2) is 4.98 Å². The van der Waals surface area contributed by atoms with Gasteiger partial charge in [0.1, 0.15) is 16.5 Å². The number of aromatic nitrogens is 3. The van der Waals surface area contributed by atoms with Crippen LogP contribution in [0.15, 0.2) is 24.3 Å². The number of piperidine rings is 1. The highest BCUT2D eigenvalue weighted by Crippen LogP contribution is 2.36. The molecule has 1 aliphatic rings. The number of hydrogen-bond donors (Lipinski definition) is 2. The van der Waals surface area contributed by atoms with Crippen LogP contribution in [0.5, 0.6) is 11.6 Å². The molecule has 144 valence electrons. The molecule has 0 spiro atoms. The molecule has 2 aromatic heterocycles. The number of rotatable bonds is 4. The van der Waals surface area contributed by atoms with Crippen LogP contribution in [0, 0.1) is 18.8 Å². The van der Waals surface area contributed by atoms with Crippen molar-refractivity contribution < 1.29 is 14.7 Å². The topological polar surface area (TPSA) is 64.1 Å². The van der Waals surface area contributed by atoms with Crippen LogP contribution in [0.1, 0.15) is 42.6 Å². The summed E-state index contributed by atoms with van der Waals surface area (Å²) in [6.45, 7) is 8.66. The van der Waals surface area contributed by atoms with Gasteiger partial charge in [0, 0.05) is 17.4 Å². The Bertz CT molecular complexity index is 941. The number of likely N-dealkylation sites (tertiary alicyclic amines) is 1. The van der Waals surface area contributed by atoms with E-state index in [9.17, 15) is 5.11 Å². The molecule has 0 aliphatic carbocycles. The molecule has 4 atom stereocenters. The Labute approximate surface area is 163 Å². The second kappa shape index (κ2) is 7.13. The number of hydrogen-bond acceptors (Lipinski definition) is 5. The van der Waals surface area contributed by atoms with E-state index in [1.165, 1.54) is 22.7 Å². The predicted molar refractivity (Wildman–Crippen MR) is 106 cm³/mol. The lowest BCUT2D eigenvalue weighted by Gasteiger charge is -2.37. The van der Waals surface area contributed by atoms with Crippen LogP contribution in [0.25, 0.3) is 4.96 Å². The van der Waals surface area contributed by atoms with Crippen molar-refractivity contribution in [2.24, 2.45) is 11.8 Å². The third kappa shape index (κ3) is 3.41. The number of quaternary nitrogens is 1. The van der Waals surface area contributed by atoms with E-state index < -0.39 is 0 Å². The molecule has 1 fully saturated rings. The van der Waals surface area contributed by atoms with Gasteiger partial charge in [0.25, 0.3) is 0 Å². The molecule has 0 bridgehead atoms. The first kappa shape index (κ1) is 18.3. The normalized spacial score (nSPS) is 24.2. The monoisotopic (exact) mass is 387 g/mol. The minimum atomic E-state index is 0.0408. The number of nitrogens with zero attached hydrogens (tertiary/aromatic N) is 3. The summed E-state index contributed by atoms with van der Waals surface area (Å²) in [5.74, 6) is 3.03. The summed E-state index contributed by atoms with van der Waals surface area (Å²) in [5.41, 5.74) is 1.15. The smallest absolute Gasteiger partial charge is 0.235 e. The van der Waals surface area contributed by atoms with Gasteiger partial charge in [0.15, 0.2) is 6.04 Å². The quantitative estimate of drug-likeness (QED) is 0.722. The summed E-state index contributed by atoms with van der Waals surface area (Å²) in [5, 5.41) is 15.3. The van der Waals surface area contributed by atoms with Gasteiger partial charge < -0.3 is 14.7 Å². The first-order valence-electron chi connectivity index (χ1n) is 9.49. The van der Waals surface area contributed by atoms with Crippen molar-refractivity contribution in [3.8, 4) is 11.6 Å². The molecule has 0 saturated carbocycles. The fraction of sp³-hybridized carbons (Fsp3) is 0.500. The molecule has 6 nitrogen and oxygen atoms in total. The molecule has 0 radical (unpaired) electrons. The summed E-state index contributed by atoms with van der Waals surface area (Å²) in [6.07, 6.45) is 1.26. The number of benzene rings is 1. The molecule has 3 heterocycles. The van der Waals surface area contributed by atoms with Gasteiger partial charge in [-0.2, -0.15) is 4.52 Å². The second-order valence-electron chi connectivity index (χ2n) is 7.87. The van der Waals surface area contributed by atoms with Gasteiger partial charge >= 0.3 is 0 Å². The van der Waals surface area contributed by atoms with Gasteiger partial charge in [-0.05, 0) is 25.5 Å². The summed E-state index contributed by atoms with van der Waals surface area (Å²) in [6, 6.07) is 8.24. The van der Waals surface area contributed by atoms with E-state index in [0.717, 1.165) is 34.2 Å². The zero-order valence-electron chi connectivity index (χ0n) is 16.3. The highest BCUT2D eigenvalue weighted by atomic mass is 32.1. The number of thiazole rings is 1. The summed E-state index contributed by atoms with van der Waals surface area (Å²) >= 11 is 1.53. The second-order valence-corrected chi connectivity index (χ2v) is 8.87. The molecule has 1 aliphatic heterocycles. The Hall–Kier alpha value is -2.12. The van der Waals surface area contributed by atoms with Crippen molar-refractivity contribution in [1.29, 1.82) is 0 Å². The summed E-state index contributed by atoms with van der Waals surface area (Å²) < 4.78 is 7.03. The molecule has 3 aromatic rings. The average Bonchev–Trinajstić information content (AvgIpc) is 3.12. The van der Waals surface area contributed by atoms with Gasteiger partial charge in [-0.15, -0.1) is 5.10 Å². The van der Waals surface area contributed by atoms with E-state index in [1.807, 2.05) is 19.1 Å². The molecule has 7 heteroatoms. The van der Waals surface area contributed by atoms with Crippen molar-refractivity contribution in [3.63, 3.8) is 0 Å². The van der Waals surface area contributed by atoms with Crippen LogP contribution in [0.4, 0.5) is 0 Å². The fourth-order valence-electron chi connectivity index (χ4n) is 4.50. The first-order valence-corrected chi connectivity index (χ1v) is 10.3. The van der Waals surface area contributed by atoms with Crippen LogP contribution in [-0.4, -0.2) is 39.9 Å². The molecular formula is C20H27N4O2S+. The van der Waals surface area contributed by atoms with Gasteiger partial charge in [0.05, 0.1) is 20.2 Å². The Morgan fingerprint density at radius 2 is 2.04 bits per heavy atom. The lowest BCUT2D eigenvalue weighted by atomic mass is 9.89. The highest BCUT2D eigenvalue weighted by molar-refractivity contribution is 7.17. The van der Waals surface area contributed by atoms with Crippen molar-refractivity contribution >= 4 is 16.3 Å². The van der Waals surface area contributed by atoms with Crippen LogP contribution >= 0.6 is 11.3 Å². The number of aryl methyl sites for hydroxylation is 1. The molecule has 27 heavy (non-hydrogen) atoms. The Morgan fingerprint density at radius 3 is 2.70 bits per heavy atom. The van der Waals surface area contributed by atoms with Crippen LogP contribution in [0.3, 0.4) is 0 Å². The minimum absolute atomic E-state index is 0.0408. The molecular weight excluding hydrogens is 360 g/mol. The molecule has 0 amide bonds. The molecule has 1 aromatic carbocycles. The fourth-order valence-corrected chi connectivity index (χ4v) is 5.68. The zero-order valence-corrected chi connectivity index (χ0v) is 17.1. The lowest BCUT2D eigenvalue weighted by Crippen LogP contribution is -3.14. The summed E-state index contributed by atoms with van der Waals surface area (Å²) in [4.78, 5) is 7.60. The van der Waals surface area contributed by atoms with Crippen LogP contribution in [0.2, 0.25) is 0 Å². The molecule has 1 unspecified atom stereocenters. The third-order valence-corrected chi connectivity index (χ3v) is 6.51.